The summed E-state index contributed by atoms with van der Waals surface area (Å²) in [6.45, 7) is 4.92. The lowest BCUT2D eigenvalue weighted by molar-refractivity contribution is 0.596. The predicted octanol–water partition coefficient (Wildman–Crippen LogP) is 3.10. The van der Waals surface area contributed by atoms with Gasteiger partial charge in [-0.15, -0.1) is 4.40 Å². The maximum absolute atomic E-state index is 12.2. The van der Waals surface area contributed by atoms with Crippen LogP contribution in [0.4, 0.5) is 5.69 Å². The number of hydrogen-bond donors (Lipinski definition) is 0. The fourth-order valence-corrected chi connectivity index (χ4v) is 4.17. The highest BCUT2D eigenvalue weighted by atomic mass is 32.2. The molecule has 0 atom stereocenters. The van der Waals surface area contributed by atoms with Gasteiger partial charge in [0.25, 0.3) is 10.0 Å². The molecule has 104 valence electrons. The fourth-order valence-electron chi connectivity index (χ4n) is 1.97. The van der Waals surface area contributed by atoms with E-state index in [0.29, 0.717) is 10.1 Å². The molecule has 0 fully saturated rings. The number of unbranched alkanes of at least 4 members (excludes halogenated alkanes) is 1. The number of thioether (sulfide) groups is 1. The number of amidine groups is 1. The zero-order valence-electron chi connectivity index (χ0n) is 11.2. The Morgan fingerprint density at radius 3 is 2.68 bits per heavy atom. The molecule has 0 N–H and O–H groups in total. The summed E-state index contributed by atoms with van der Waals surface area (Å²) in [4.78, 5) is 2.33. The molecule has 1 aromatic rings. The van der Waals surface area contributed by atoms with Crippen molar-refractivity contribution in [3.05, 3.63) is 24.3 Å². The van der Waals surface area contributed by atoms with Gasteiger partial charge in [0.2, 0.25) is 0 Å². The Morgan fingerprint density at radius 2 is 2.00 bits per heavy atom. The van der Waals surface area contributed by atoms with Crippen LogP contribution in [0.3, 0.4) is 0 Å². The van der Waals surface area contributed by atoms with Gasteiger partial charge in [-0.2, -0.15) is 8.42 Å². The maximum atomic E-state index is 12.2. The number of rotatable bonds is 4. The van der Waals surface area contributed by atoms with Crippen LogP contribution in [0, 0.1) is 0 Å². The van der Waals surface area contributed by atoms with E-state index in [9.17, 15) is 8.42 Å². The number of sulfonamides is 1. The fraction of sp³-hybridized carbons (Fsp3) is 0.462. The van der Waals surface area contributed by atoms with Crippen LogP contribution in [-0.2, 0) is 10.0 Å². The van der Waals surface area contributed by atoms with Crippen LogP contribution in [0.5, 0.6) is 0 Å². The van der Waals surface area contributed by atoms with Gasteiger partial charge < -0.3 is 4.90 Å². The smallest absolute Gasteiger partial charge is 0.286 e. The van der Waals surface area contributed by atoms with Crippen LogP contribution in [-0.4, -0.2) is 25.9 Å². The molecule has 1 aromatic carbocycles. The SMILES string of the molecule is CCCCN1C(SCC)=NS(=O)(=O)c2ccccc21. The minimum absolute atomic E-state index is 0.312. The van der Waals surface area contributed by atoms with Crippen LogP contribution in [0.1, 0.15) is 26.7 Å². The molecule has 6 heteroatoms. The van der Waals surface area contributed by atoms with Gasteiger partial charge in [-0.3, -0.25) is 0 Å². The standard InChI is InChI=1S/C13H18N2O2S2/c1-3-5-10-15-11-8-6-7-9-12(11)19(16,17)14-13(15)18-4-2/h6-9H,3-5,10H2,1-2H3. The van der Waals surface area contributed by atoms with Crippen molar-refractivity contribution in [1.82, 2.24) is 0 Å². The van der Waals surface area contributed by atoms with Gasteiger partial charge in [0.1, 0.15) is 4.90 Å². The molecule has 1 aliphatic rings. The lowest BCUT2D eigenvalue weighted by Gasteiger charge is -2.30. The highest BCUT2D eigenvalue weighted by Gasteiger charge is 2.29. The number of hydrogen-bond acceptors (Lipinski definition) is 4. The van der Waals surface area contributed by atoms with Crippen LogP contribution in [0.15, 0.2) is 33.6 Å². The molecule has 0 saturated heterocycles. The van der Waals surface area contributed by atoms with Crippen LogP contribution < -0.4 is 4.90 Å². The van der Waals surface area contributed by atoms with E-state index in [1.54, 1.807) is 12.1 Å². The van der Waals surface area contributed by atoms with E-state index in [4.69, 9.17) is 0 Å². The lowest BCUT2D eigenvalue weighted by Crippen LogP contribution is -2.34. The van der Waals surface area contributed by atoms with Gasteiger partial charge in [0.15, 0.2) is 5.17 Å². The second-order valence-electron chi connectivity index (χ2n) is 4.25. The Morgan fingerprint density at radius 1 is 1.26 bits per heavy atom. The first-order valence-corrected chi connectivity index (χ1v) is 8.87. The van der Waals surface area contributed by atoms with Crippen LogP contribution in [0.2, 0.25) is 0 Å². The summed E-state index contributed by atoms with van der Waals surface area (Å²) < 4.78 is 28.3. The van der Waals surface area contributed by atoms with E-state index < -0.39 is 10.0 Å². The lowest BCUT2D eigenvalue weighted by atomic mass is 10.2. The molecule has 0 aromatic heterocycles. The van der Waals surface area contributed by atoms with Crippen molar-refractivity contribution in [3.63, 3.8) is 0 Å². The summed E-state index contributed by atoms with van der Waals surface area (Å²) >= 11 is 1.47. The molecular weight excluding hydrogens is 280 g/mol. The molecule has 0 unspecified atom stereocenters. The highest BCUT2D eigenvalue weighted by molar-refractivity contribution is 8.14. The molecule has 1 aliphatic heterocycles. The van der Waals surface area contributed by atoms with E-state index in [1.807, 2.05) is 24.0 Å². The Kier molecular flexibility index (Phi) is 4.52. The van der Waals surface area contributed by atoms with Crippen molar-refractivity contribution in [2.45, 2.75) is 31.6 Å². The van der Waals surface area contributed by atoms with E-state index in [2.05, 4.69) is 11.3 Å². The van der Waals surface area contributed by atoms with Gasteiger partial charge in [0, 0.05) is 6.54 Å². The molecule has 0 radical (unpaired) electrons. The Hall–Kier alpha value is -1.01. The Balaban J connectivity index is 2.49. The molecule has 0 bridgehead atoms. The summed E-state index contributed by atoms with van der Waals surface area (Å²) in [5.74, 6) is 0.805. The predicted molar refractivity (Wildman–Crippen MR) is 81.4 cm³/mol. The summed E-state index contributed by atoms with van der Waals surface area (Å²) in [7, 11) is -3.55. The minimum atomic E-state index is -3.55. The van der Waals surface area contributed by atoms with Crippen LogP contribution in [0.25, 0.3) is 0 Å². The van der Waals surface area contributed by atoms with Gasteiger partial charge in [0.05, 0.1) is 5.69 Å². The van der Waals surface area contributed by atoms with E-state index in [0.717, 1.165) is 30.8 Å². The largest absolute Gasteiger partial charge is 0.319 e. The van der Waals surface area contributed by atoms with Gasteiger partial charge >= 0.3 is 0 Å². The van der Waals surface area contributed by atoms with Crippen molar-refractivity contribution in [2.24, 2.45) is 4.40 Å². The topological polar surface area (TPSA) is 49.7 Å². The van der Waals surface area contributed by atoms with Crippen molar-refractivity contribution in [2.75, 3.05) is 17.2 Å². The first kappa shape index (κ1) is 14.4. The second-order valence-corrected chi connectivity index (χ2v) is 7.06. The molecular formula is C13H18N2O2S2. The second kappa shape index (κ2) is 5.96. The van der Waals surface area contributed by atoms with Crippen molar-refractivity contribution in [1.29, 1.82) is 0 Å². The molecule has 19 heavy (non-hydrogen) atoms. The van der Waals surface area contributed by atoms with Gasteiger partial charge in [-0.1, -0.05) is 44.2 Å². The average Bonchev–Trinajstić information content (AvgIpc) is 2.38. The molecule has 0 saturated carbocycles. The zero-order chi connectivity index (χ0) is 13.9. The third-order valence-corrected chi connectivity index (χ3v) is 5.16. The minimum Gasteiger partial charge on any atom is -0.319 e. The molecule has 1 heterocycles. The highest BCUT2D eigenvalue weighted by Crippen LogP contribution is 2.34. The number of fused-ring (bicyclic) bond motifs is 1. The van der Waals surface area contributed by atoms with E-state index in [-0.39, 0.29) is 0 Å². The molecule has 2 rings (SSSR count). The number of benzene rings is 1. The summed E-state index contributed by atoms with van der Waals surface area (Å²) in [6, 6.07) is 7.09. The zero-order valence-corrected chi connectivity index (χ0v) is 12.8. The summed E-state index contributed by atoms with van der Waals surface area (Å²) in [5.41, 5.74) is 0.752. The van der Waals surface area contributed by atoms with Crippen LogP contribution >= 0.6 is 11.8 Å². The molecule has 0 aliphatic carbocycles. The third kappa shape index (κ3) is 2.95. The van der Waals surface area contributed by atoms with E-state index in [1.165, 1.54) is 11.8 Å². The van der Waals surface area contributed by atoms with Crippen molar-refractivity contribution >= 4 is 32.6 Å². The summed E-state index contributed by atoms with van der Waals surface area (Å²) in [6.07, 6.45) is 2.08. The van der Waals surface area contributed by atoms with Gasteiger partial charge in [-0.25, -0.2) is 0 Å². The van der Waals surface area contributed by atoms with Gasteiger partial charge in [-0.05, 0) is 24.3 Å². The number of para-hydroxylation sites is 1. The first-order chi connectivity index (χ1) is 9.10. The molecule has 0 amide bonds. The third-order valence-electron chi connectivity index (χ3n) is 2.87. The number of anilines is 1. The Bertz CT molecular complexity index is 582. The summed E-state index contributed by atoms with van der Waals surface area (Å²) in [5, 5.41) is 0.592. The normalized spacial score (nSPS) is 16.9. The maximum Gasteiger partial charge on any atom is 0.286 e. The van der Waals surface area contributed by atoms with Crippen molar-refractivity contribution in [3.8, 4) is 0 Å². The van der Waals surface area contributed by atoms with Crippen molar-refractivity contribution < 1.29 is 8.42 Å². The monoisotopic (exact) mass is 298 g/mol. The average molecular weight is 298 g/mol. The molecule has 4 nitrogen and oxygen atoms in total. The quantitative estimate of drug-likeness (QED) is 0.857. The van der Waals surface area contributed by atoms with E-state index >= 15 is 0 Å². The number of nitrogens with zero attached hydrogens (tertiary/aromatic N) is 2. The molecule has 0 spiro atoms. The first-order valence-electron chi connectivity index (χ1n) is 6.44. The Labute approximate surface area is 119 Å².